The zero-order valence-corrected chi connectivity index (χ0v) is 14.4. The molecule has 0 N–H and O–H groups in total. The molecule has 7 nitrogen and oxygen atoms in total. The fraction of sp³-hybridized carbons (Fsp3) is 0.647. The smallest absolute Gasteiger partial charge is 0.229 e. The topological polar surface area (TPSA) is 71.2 Å². The second-order valence-corrected chi connectivity index (χ2v) is 7.06. The van der Waals surface area contributed by atoms with Crippen LogP contribution in [0.15, 0.2) is 16.9 Å². The van der Waals surface area contributed by atoms with Crippen molar-refractivity contribution in [3.05, 3.63) is 35.5 Å². The van der Waals surface area contributed by atoms with Crippen molar-refractivity contribution in [3.63, 3.8) is 0 Å². The maximum atomic E-state index is 5.35. The van der Waals surface area contributed by atoms with E-state index in [4.69, 9.17) is 4.52 Å². The predicted octanol–water partition coefficient (Wildman–Crippen LogP) is 1.75. The lowest BCUT2D eigenvalue weighted by Gasteiger charge is -2.23. The van der Waals surface area contributed by atoms with Crippen LogP contribution < -0.4 is 0 Å². The van der Waals surface area contributed by atoms with Crippen molar-refractivity contribution in [2.75, 3.05) is 20.1 Å². The number of likely N-dealkylation sites (tertiary alicyclic amines) is 1. The number of hydrogen-bond donors (Lipinski definition) is 0. The number of aryl methyl sites for hydroxylation is 1. The highest BCUT2D eigenvalue weighted by Crippen LogP contribution is 2.38. The van der Waals surface area contributed by atoms with Gasteiger partial charge in [-0.05, 0) is 33.2 Å². The van der Waals surface area contributed by atoms with Crippen LogP contribution in [0.5, 0.6) is 0 Å². The van der Waals surface area contributed by atoms with E-state index in [9.17, 15) is 0 Å². The molecule has 2 aromatic rings. The molecule has 2 fully saturated rings. The summed E-state index contributed by atoms with van der Waals surface area (Å²) in [6.07, 6.45) is 7.25. The molecule has 0 radical (unpaired) electrons. The summed E-state index contributed by atoms with van der Waals surface area (Å²) in [5.41, 5.74) is 2.00. The highest BCUT2D eigenvalue weighted by atomic mass is 16.5. The largest absolute Gasteiger partial charge is 0.339 e. The van der Waals surface area contributed by atoms with Gasteiger partial charge < -0.3 is 4.52 Å². The van der Waals surface area contributed by atoms with Crippen LogP contribution in [0.1, 0.15) is 48.3 Å². The molecule has 2 aromatic heterocycles. The summed E-state index contributed by atoms with van der Waals surface area (Å²) in [4.78, 5) is 18.1. The van der Waals surface area contributed by atoms with Crippen LogP contribution in [0, 0.1) is 6.92 Å². The molecule has 0 bridgehead atoms. The Morgan fingerprint density at radius 3 is 2.88 bits per heavy atom. The van der Waals surface area contributed by atoms with Crippen LogP contribution >= 0.6 is 0 Å². The van der Waals surface area contributed by atoms with Gasteiger partial charge in [-0.1, -0.05) is 5.16 Å². The fourth-order valence-electron chi connectivity index (χ4n) is 3.23. The lowest BCUT2D eigenvalue weighted by atomic mass is 10.2. The van der Waals surface area contributed by atoms with E-state index in [-0.39, 0.29) is 0 Å². The van der Waals surface area contributed by atoms with E-state index >= 15 is 0 Å². The van der Waals surface area contributed by atoms with Gasteiger partial charge in [0.25, 0.3) is 0 Å². The van der Waals surface area contributed by atoms with Crippen molar-refractivity contribution >= 4 is 0 Å². The molecule has 128 valence electrons. The molecule has 4 rings (SSSR count). The maximum absolute atomic E-state index is 5.35. The maximum Gasteiger partial charge on any atom is 0.229 e. The van der Waals surface area contributed by atoms with Gasteiger partial charge in [0.2, 0.25) is 5.89 Å². The number of rotatable bonds is 6. The predicted molar refractivity (Wildman–Crippen MR) is 88.2 cm³/mol. The number of likely N-dealkylation sites (N-methyl/N-ethyl adjacent to an activating group) is 1. The van der Waals surface area contributed by atoms with Crippen molar-refractivity contribution in [1.29, 1.82) is 0 Å². The summed E-state index contributed by atoms with van der Waals surface area (Å²) in [5, 5.41) is 4.12. The second-order valence-electron chi connectivity index (χ2n) is 7.06. The standard InChI is InChI=1S/C17H24N6O/c1-12-7-19-14(8-18-12)9-23-6-5-15(10-23)22(2)11-16-20-17(24-21-16)13-3-4-13/h7-8,13,15H,3-6,9-11H2,1-2H3/t15-/m1/s1. The van der Waals surface area contributed by atoms with Crippen molar-refractivity contribution < 1.29 is 4.52 Å². The molecule has 3 heterocycles. The Labute approximate surface area is 142 Å². The SMILES string of the molecule is Cc1cnc(CN2CC[C@@H](N(C)Cc3noc(C4CC4)n3)C2)cn1. The van der Waals surface area contributed by atoms with Crippen molar-refractivity contribution in [2.24, 2.45) is 0 Å². The molecule has 0 amide bonds. The van der Waals surface area contributed by atoms with Gasteiger partial charge >= 0.3 is 0 Å². The van der Waals surface area contributed by atoms with Crippen LogP contribution in [-0.4, -0.2) is 56.1 Å². The van der Waals surface area contributed by atoms with Crippen molar-refractivity contribution in [1.82, 2.24) is 29.9 Å². The first-order valence-electron chi connectivity index (χ1n) is 8.70. The van der Waals surface area contributed by atoms with E-state index in [1.165, 1.54) is 12.8 Å². The summed E-state index contributed by atoms with van der Waals surface area (Å²) >= 11 is 0. The zero-order chi connectivity index (χ0) is 16.5. The summed E-state index contributed by atoms with van der Waals surface area (Å²) in [5.74, 6) is 2.15. The Balaban J connectivity index is 1.29. The van der Waals surface area contributed by atoms with Gasteiger partial charge in [0.15, 0.2) is 5.82 Å². The molecule has 1 atom stereocenters. The molecule has 2 aliphatic rings. The first kappa shape index (κ1) is 15.7. The monoisotopic (exact) mass is 328 g/mol. The normalized spacial score (nSPS) is 21.7. The Morgan fingerprint density at radius 1 is 1.25 bits per heavy atom. The average molecular weight is 328 g/mol. The van der Waals surface area contributed by atoms with Gasteiger partial charge in [0.05, 0.1) is 17.9 Å². The Bertz CT molecular complexity index is 681. The van der Waals surface area contributed by atoms with Gasteiger partial charge in [0, 0.05) is 44.0 Å². The van der Waals surface area contributed by atoms with Gasteiger partial charge in [0.1, 0.15) is 0 Å². The molecule has 0 aromatic carbocycles. The summed E-state index contributed by atoms with van der Waals surface area (Å²) in [6.45, 7) is 5.71. The van der Waals surface area contributed by atoms with E-state index < -0.39 is 0 Å². The van der Waals surface area contributed by atoms with Crippen LogP contribution in [-0.2, 0) is 13.1 Å². The second kappa shape index (κ2) is 6.57. The van der Waals surface area contributed by atoms with Gasteiger partial charge in [-0.25, -0.2) is 0 Å². The van der Waals surface area contributed by atoms with Crippen LogP contribution in [0.25, 0.3) is 0 Å². The number of aromatic nitrogens is 4. The molecule has 0 unspecified atom stereocenters. The molecule has 0 spiro atoms. The van der Waals surface area contributed by atoms with Crippen molar-refractivity contribution in [3.8, 4) is 0 Å². The zero-order valence-electron chi connectivity index (χ0n) is 14.4. The lowest BCUT2D eigenvalue weighted by molar-refractivity contribution is 0.215. The Morgan fingerprint density at radius 2 is 2.12 bits per heavy atom. The van der Waals surface area contributed by atoms with Crippen LogP contribution in [0.4, 0.5) is 0 Å². The third-order valence-electron chi connectivity index (χ3n) is 4.89. The summed E-state index contributed by atoms with van der Waals surface area (Å²) < 4.78 is 5.35. The van der Waals surface area contributed by atoms with Gasteiger partial charge in [-0.15, -0.1) is 0 Å². The van der Waals surface area contributed by atoms with E-state index in [0.29, 0.717) is 12.0 Å². The van der Waals surface area contributed by atoms with E-state index in [2.05, 4.69) is 37.0 Å². The van der Waals surface area contributed by atoms with Gasteiger partial charge in [-0.2, -0.15) is 4.98 Å². The molecule has 1 saturated heterocycles. The molecule has 1 aliphatic carbocycles. The van der Waals surface area contributed by atoms with Crippen LogP contribution in [0.2, 0.25) is 0 Å². The molecule has 1 aliphatic heterocycles. The van der Waals surface area contributed by atoms with Gasteiger partial charge in [-0.3, -0.25) is 19.8 Å². The first-order chi connectivity index (χ1) is 11.7. The third kappa shape index (κ3) is 3.62. The first-order valence-corrected chi connectivity index (χ1v) is 8.70. The molecule has 7 heteroatoms. The van der Waals surface area contributed by atoms with E-state index in [0.717, 1.165) is 55.7 Å². The quantitative estimate of drug-likeness (QED) is 0.800. The summed E-state index contributed by atoms with van der Waals surface area (Å²) in [7, 11) is 2.15. The average Bonchev–Trinajstić information content (AvgIpc) is 3.14. The summed E-state index contributed by atoms with van der Waals surface area (Å²) in [6, 6.07) is 0.520. The number of hydrogen-bond acceptors (Lipinski definition) is 7. The minimum absolute atomic E-state index is 0.520. The van der Waals surface area contributed by atoms with E-state index in [1.807, 2.05) is 19.3 Å². The van der Waals surface area contributed by atoms with Crippen LogP contribution in [0.3, 0.4) is 0 Å². The highest BCUT2D eigenvalue weighted by molar-refractivity contribution is 5.03. The fourth-order valence-corrected chi connectivity index (χ4v) is 3.23. The molecular weight excluding hydrogens is 304 g/mol. The van der Waals surface area contributed by atoms with E-state index in [1.54, 1.807) is 0 Å². The third-order valence-corrected chi connectivity index (χ3v) is 4.89. The Kier molecular flexibility index (Phi) is 4.28. The number of nitrogens with zero attached hydrogens (tertiary/aromatic N) is 6. The lowest BCUT2D eigenvalue weighted by Crippen LogP contribution is -2.34. The minimum Gasteiger partial charge on any atom is -0.339 e. The molecule has 1 saturated carbocycles. The Hall–Kier alpha value is -1.86. The van der Waals surface area contributed by atoms with Crippen molar-refractivity contribution in [2.45, 2.75) is 51.2 Å². The molecule has 24 heavy (non-hydrogen) atoms. The highest BCUT2D eigenvalue weighted by Gasteiger charge is 2.31. The molecular formula is C17H24N6O. The minimum atomic E-state index is 0.520.